The van der Waals surface area contributed by atoms with Gasteiger partial charge in [0.1, 0.15) is 5.75 Å². The number of rotatable bonds is 5. The van der Waals surface area contributed by atoms with Gasteiger partial charge in [-0.2, -0.15) is 0 Å². The van der Waals surface area contributed by atoms with E-state index in [-0.39, 0.29) is 5.92 Å². The molecule has 0 saturated carbocycles. The van der Waals surface area contributed by atoms with Gasteiger partial charge < -0.3 is 4.74 Å². The average Bonchev–Trinajstić information content (AvgIpc) is 2.45. The van der Waals surface area contributed by atoms with Crippen LogP contribution in [0.2, 0.25) is 0 Å². The van der Waals surface area contributed by atoms with Gasteiger partial charge in [-0.1, -0.05) is 31.9 Å². The zero-order chi connectivity index (χ0) is 15.5. The molecule has 1 aliphatic rings. The minimum atomic E-state index is -3.10. The Labute approximate surface area is 143 Å². The average molecular weight is 441 g/mol. The first-order chi connectivity index (χ1) is 9.90. The third-order valence-electron chi connectivity index (χ3n) is 3.59. The monoisotopic (exact) mass is 439 g/mol. The van der Waals surface area contributed by atoms with Gasteiger partial charge in [-0.25, -0.2) is 12.7 Å². The molecule has 118 valence electrons. The van der Waals surface area contributed by atoms with Crippen LogP contribution < -0.4 is 4.74 Å². The van der Waals surface area contributed by atoms with Gasteiger partial charge >= 0.3 is 0 Å². The van der Waals surface area contributed by atoms with Crippen LogP contribution in [0.3, 0.4) is 0 Å². The number of halogens is 2. The van der Waals surface area contributed by atoms with Crippen molar-refractivity contribution in [1.82, 2.24) is 4.31 Å². The fourth-order valence-corrected chi connectivity index (χ4v) is 4.25. The molecule has 2 rings (SSSR count). The minimum Gasteiger partial charge on any atom is -0.493 e. The molecule has 0 radical (unpaired) electrons. The van der Waals surface area contributed by atoms with Crippen molar-refractivity contribution in [2.24, 2.45) is 5.92 Å². The molecule has 1 fully saturated rings. The van der Waals surface area contributed by atoms with Crippen molar-refractivity contribution in [1.29, 1.82) is 0 Å². The summed E-state index contributed by atoms with van der Waals surface area (Å²) in [6, 6.07) is 5.91. The lowest BCUT2D eigenvalue weighted by Gasteiger charge is -2.30. The lowest BCUT2D eigenvalue weighted by molar-refractivity contribution is 0.180. The maximum absolute atomic E-state index is 11.6. The Morgan fingerprint density at radius 2 is 2.19 bits per heavy atom. The summed E-state index contributed by atoms with van der Waals surface area (Å²) in [4.78, 5) is 0. The molecule has 1 aromatic rings. The highest BCUT2D eigenvalue weighted by atomic mass is 79.9. The van der Waals surface area contributed by atoms with Crippen LogP contribution in [0.1, 0.15) is 18.4 Å². The summed E-state index contributed by atoms with van der Waals surface area (Å²) < 4.78 is 31.7. The van der Waals surface area contributed by atoms with E-state index in [9.17, 15) is 8.42 Å². The minimum absolute atomic E-state index is 0.250. The lowest BCUT2D eigenvalue weighted by atomic mass is 10.0. The molecule has 1 heterocycles. The van der Waals surface area contributed by atoms with Crippen LogP contribution >= 0.6 is 31.9 Å². The summed E-state index contributed by atoms with van der Waals surface area (Å²) in [6.07, 6.45) is 3.17. The number of hydrogen-bond donors (Lipinski definition) is 0. The van der Waals surface area contributed by atoms with Crippen molar-refractivity contribution in [2.75, 3.05) is 26.0 Å². The van der Waals surface area contributed by atoms with Crippen LogP contribution in [-0.2, 0) is 15.4 Å². The van der Waals surface area contributed by atoms with Gasteiger partial charge in [0.25, 0.3) is 0 Å². The van der Waals surface area contributed by atoms with Gasteiger partial charge in [0, 0.05) is 34.4 Å². The summed E-state index contributed by atoms with van der Waals surface area (Å²) in [5.74, 6) is 1.10. The first-order valence-corrected chi connectivity index (χ1v) is 10.6. The topological polar surface area (TPSA) is 46.6 Å². The van der Waals surface area contributed by atoms with Gasteiger partial charge in [0.2, 0.25) is 10.0 Å². The fourth-order valence-electron chi connectivity index (χ4n) is 2.47. The predicted octanol–water partition coefficient (Wildman–Crippen LogP) is 3.39. The molecule has 0 aliphatic carbocycles. The Morgan fingerprint density at radius 3 is 2.86 bits per heavy atom. The Bertz CT molecular complexity index is 592. The molecule has 0 spiro atoms. The number of nitrogens with zero attached hydrogens (tertiary/aromatic N) is 1. The molecule has 21 heavy (non-hydrogen) atoms. The van der Waals surface area contributed by atoms with Crippen molar-refractivity contribution in [2.45, 2.75) is 18.2 Å². The van der Waals surface area contributed by atoms with E-state index < -0.39 is 10.0 Å². The maximum Gasteiger partial charge on any atom is 0.211 e. The number of alkyl halides is 1. The summed E-state index contributed by atoms with van der Waals surface area (Å²) in [5.41, 5.74) is 1.08. The summed E-state index contributed by atoms with van der Waals surface area (Å²) in [7, 11) is -3.10. The van der Waals surface area contributed by atoms with Crippen LogP contribution in [0.25, 0.3) is 0 Å². The molecule has 0 amide bonds. The van der Waals surface area contributed by atoms with Gasteiger partial charge in [-0.15, -0.1) is 0 Å². The highest BCUT2D eigenvalue weighted by Crippen LogP contribution is 2.27. The third kappa shape index (κ3) is 4.94. The van der Waals surface area contributed by atoms with Crippen molar-refractivity contribution in [3.8, 4) is 5.75 Å². The normalized spacial score (nSPS) is 20.4. The molecule has 0 bridgehead atoms. The predicted molar refractivity (Wildman–Crippen MR) is 91.4 cm³/mol. The standard InChI is InChI=1S/C14H19Br2NO3S/c1-21(18,19)17-6-2-3-11(9-17)10-20-14-5-4-13(16)7-12(14)8-15/h4-5,7,11H,2-3,6,8-10H2,1H3. The molecular formula is C14H19Br2NO3S. The highest BCUT2D eigenvalue weighted by molar-refractivity contribution is 9.10. The highest BCUT2D eigenvalue weighted by Gasteiger charge is 2.26. The van der Waals surface area contributed by atoms with E-state index in [1.54, 1.807) is 4.31 Å². The smallest absolute Gasteiger partial charge is 0.211 e. The molecule has 1 aliphatic heterocycles. The SMILES string of the molecule is CS(=O)(=O)N1CCCC(COc2ccc(Br)cc2CBr)C1. The molecule has 7 heteroatoms. The largest absolute Gasteiger partial charge is 0.493 e. The quantitative estimate of drug-likeness (QED) is 0.659. The Balaban J connectivity index is 1.97. The summed E-state index contributed by atoms with van der Waals surface area (Å²) in [6.45, 7) is 1.73. The van der Waals surface area contributed by atoms with E-state index in [0.717, 1.165) is 34.0 Å². The zero-order valence-corrected chi connectivity index (χ0v) is 15.9. The Kier molecular flexibility index (Phi) is 6.11. The van der Waals surface area contributed by atoms with Gasteiger partial charge in [0.15, 0.2) is 0 Å². The van der Waals surface area contributed by atoms with E-state index in [2.05, 4.69) is 31.9 Å². The van der Waals surface area contributed by atoms with Crippen LogP contribution in [0, 0.1) is 5.92 Å². The van der Waals surface area contributed by atoms with E-state index in [0.29, 0.717) is 19.7 Å². The van der Waals surface area contributed by atoms with Gasteiger partial charge in [0.05, 0.1) is 12.9 Å². The number of benzene rings is 1. The number of hydrogen-bond acceptors (Lipinski definition) is 3. The van der Waals surface area contributed by atoms with Crippen LogP contribution in [0.5, 0.6) is 5.75 Å². The van der Waals surface area contributed by atoms with Crippen LogP contribution in [0.15, 0.2) is 22.7 Å². The third-order valence-corrected chi connectivity index (χ3v) is 5.96. The second-order valence-corrected chi connectivity index (χ2v) is 8.78. The van der Waals surface area contributed by atoms with Crippen molar-refractivity contribution in [3.63, 3.8) is 0 Å². The van der Waals surface area contributed by atoms with Crippen molar-refractivity contribution >= 4 is 41.9 Å². The molecule has 1 aromatic carbocycles. The second-order valence-electron chi connectivity index (χ2n) is 5.33. The number of piperidine rings is 1. The maximum atomic E-state index is 11.6. The van der Waals surface area contributed by atoms with Crippen molar-refractivity contribution < 1.29 is 13.2 Å². The molecule has 0 aromatic heterocycles. The molecule has 1 atom stereocenters. The van der Waals surface area contributed by atoms with E-state index >= 15 is 0 Å². The molecule has 1 saturated heterocycles. The number of sulfonamides is 1. The van der Waals surface area contributed by atoms with Crippen LogP contribution in [0.4, 0.5) is 0 Å². The van der Waals surface area contributed by atoms with Crippen molar-refractivity contribution in [3.05, 3.63) is 28.2 Å². The second kappa shape index (κ2) is 7.44. The first kappa shape index (κ1) is 17.2. The molecule has 0 N–H and O–H groups in total. The Morgan fingerprint density at radius 1 is 1.43 bits per heavy atom. The summed E-state index contributed by atoms with van der Waals surface area (Å²) in [5, 5.41) is 0.724. The van der Waals surface area contributed by atoms with Gasteiger partial charge in [-0.3, -0.25) is 0 Å². The summed E-state index contributed by atoms with van der Waals surface area (Å²) >= 11 is 6.90. The Hall–Kier alpha value is -0.110. The lowest BCUT2D eigenvalue weighted by Crippen LogP contribution is -2.40. The number of ether oxygens (including phenoxy) is 1. The molecular weight excluding hydrogens is 422 g/mol. The zero-order valence-electron chi connectivity index (χ0n) is 11.9. The molecule has 4 nitrogen and oxygen atoms in total. The van der Waals surface area contributed by atoms with Gasteiger partial charge in [-0.05, 0) is 31.0 Å². The molecule has 1 unspecified atom stereocenters. The first-order valence-electron chi connectivity index (χ1n) is 6.82. The van der Waals surface area contributed by atoms with E-state index in [1.807, 2.05) is 18.2 Å². The van der Waals surface area contributed by atoms with E-state index in [4.69, 9.17) is 4.74 Å². The fraction of sp³-hybridized carbons (Fsp3) is 0.571. The van der Waals surface area contributed by atoms with Crippen LogP contribution in [-0.4, -0.2) is 38.7 Å². The van der Waals surface area contributed by atoms with E-state index in [1.165, 1.54) is 6.26 Å².